The number of hydrogen-bond donors (Lipinski definition) is 2. The van der Waals surface area contributed by atoms with E-state index < -0.39 is 11.2 Å². The van der Waals surface area contributed by atoms with E-state index in [4.69, 9.17) is 0 Å². The number of benzene rings is 2. The third-order valence-corrected chi connectivity index (χ3v) is 4.84. The van der Waals surface area contributed by atoms with Crippen LogP contribution in [-0.2, 0) is 11.3 Å². The Morgan fingerprint density at radius 1 is 1.11 bits per heavy atom. The summed E-state index contributed by atoms with van der Waals surface area (Å²) >= 11 is 0. The number of rotatable bonds is 6. The summed E-state index contributed by atoms with van der Waals surface area (Å²) in [6, 6.07) is 14.7. The molecular weight excluding hydrogens is 342 g/mol. The summed E-state index contributed by atoms with van der Waals surface area (Å²) in [6.45, 7) is 4.50. The Morgan fingerprint density at radius 2 is 1.81 bits per heavy atom. The average Bonchev–Trinajstić information content (AvgIpc) is 2.68. The minimum Gasteiger partial charge on any atom is -0.326 e. The van der Waals surface area contributed by atoms with Crippen molar-refractivity contribution in [3.63, 3.8) is 0 Å². The minimum atomic E-state index is -0.510. The van der Waals surface area contributed by atoms with Gasteiger partial charge in [0.05, 0.1) is 10.9 Å². The molecule has 0 fully saturated rings. The van der Waals surface area contributed by atoms with Gasteiger partial charge in [0.1, 0.15) is 0 Å². The second-order valence-corrected chi connectivity index (χ2v) is 6.66. The molecule has 27 heavy (non-hydrogen) atoms. The molecule has 0 aliphatic heterocycles. The maximum Gasteiger partial charge on any atom is 0.328 e. The molecule has 3 aromatic rings. The number of hydrogen-bond acceptors (Lipinski definition) is 3. The summed E-state index contributed by atoms with van der Waals surface area (Å²) in [6.07, 6.45) is 1.19. The molecule has 0 aliphatic rings. The van der Waals surface area contributed by atoms with Crippen LogP contribution >= 0.6 is 0 Å². The van der Waals surface area contributed by atoms with Crippen molar-refractivity contribution in [3.05, 3.63) is 74.9 Å². The van der Waals surface area contributed by atoms with Crippen LogP contribution in [0.2, 0.25) is 0 Å². The molecule has 140 valence electrons. The molecule has 2 aromatic carbocycles. The summed E-state index contributed by atoms with van der Waals surface area (Å²) in [4.78, 5) is 38.6. The molecule has 0 spiro atoms. The Hall–Kier alpha value is -3.15. The predicted octanol–water partition coefficient (Wildman–Crippen LogP) is 3.23. The van der Waals surface area contributed by atoms with Crippen molar-refractivity contribution in [2.45, 2.75) is 39.2 Å². The van der Waals surface area contributed by atoms with Crippen molar-refractivity contribution >= 4 is 22.5 Å². The standard InChI is InChI=1S/C21H23N3O3/c1-3-14(2)15-8-10-16(11-9-15)22-19(25)12-13-24-18-7-5-4-6-17(18)20(26)23-21(24)27/h4-11,14H,3,12-13H2,1-2H3,(H,22,25)(H,23,26,27)/t14-/m0/s1. The second kappa shape index (κ2) is 8.03. The Labute approximate surface area is 156 Å². The van der Waals surface area contributed by atoms with E-state index in [0.29, 0.717) is 16.8 Å². The van der Waals surface area contributed by atoms with Gasteiger partial charge in [-0.2, -0.15) is 0 Å². The van der Waals surface area contributed by atoms with Gasteiger partial charge >= 0.3 is 5.69 Å². The zero-order valence-electron chi connectivity index (χ0n) is 15.5. The fourth-order valence-electron chi connectivity index (χ4n) is 3.03. The van der Waals surface area contributed by atoms with Gasteiger partial charge in [0.25, 0.3) is 5.56 Å². The van der Waals surface area contributed by atoms with Crippen LogP contribution < -0.4 is 16.6 Å². The topological polar surface area (TPSA) is 84.0 Å². The van der Waals surface area contributed by atoms with Gasteiger partial charge in [0.2, 0.25) is 5.91 Å². The fourth-order valence-corrected chi connectivity index (χ4v) is 3.03. The SMILES string of the molecule is CC[C@H](C)c1ccc(NC(=O)CCn2c(=O)[nH]c(=O)c3ccccc32)cc1. The van der Waals surface area contributed by atoms with Crippen LogP contribution in [0.25, 0.3) is 10.9 Å². The van der Waals surface area contributed by atoms with Gasteiger partial charge in [-0.15, -0.1) is 0 Å². The molecule has 3 rings (SSSR count). The first-order chi connectivity index (χ1) is 13.0. The summed E-state index contributed by atoms with van der Waals surface area (Å²) in [5, 5.41) is 3.28. The second-order valence-electron chi connectivity index (χ2n) is 6.66. The summed E-state index contributed by atoms with van der Waals surface area (Å²) in [5.74, 6) is 0.295. The molecule has 2 N–H and O–H groups in total. The molecule has 1 amide bonds. The fraction of sp³-hybridized carbons (Fsp3) is 0.286. The number of carbonyl (C=O) groups is 1. The number of amides is 1. The van der Waals surface area contributed by atoms with Crippen molar-refractivity contribution < 1.29 is 4.79 Å². The lowest BCUT2D eigenvalue weighted by Gasteiger charge is -2.11. The maximum absolute atomic E-state index is 12.3. The number of fused-ring (bicyclic) bond motifs is 1. The smallest absolute Gasteiger partial charge is 0.326 e. The largest absolute Gasteiger partial charge is 0.328 e. The molecule has 0 aliphatic carbocycles. The van der Waals surface area contributed by atoms with Crippen molar-refractivity contribution in [2.24, 2.45) is 0 Å². The summed E-state index contributed by atoms with van der Waals surface area (Å²) in [7, 11) is 0. The lowest BCUT2D eigenvalue weighted by molar-refractivity contribution is -0.116. The van der Waals surface area contributed by atoms with Crippen LogP contribution in [0.3, 0.4) is 0 Å². The lowest BCUT2D eigenvalue weighted by Crippen LogP contribution is -2.31. The number of anilines is 1. The van der Waals surface area contributed by atoms with E-state index in [9.17, 15) is 14.4 Å². The Morgan fingerprint density at radius 3 is 2.52 bits per heavy atom. The molecule has 6 heteroatoms. The van der Waals surface area contributed by atoms with Crippen LogP contribution in [0, 0.1) is 0 Å². The normalized spacial score (nSPS) is 12.1. The first-order valence-electron chi connectivity index (χ1n) is 9.11. The molecular formula is C21H23N3O3. The van der Waals surface area contributed by atoms with Crippen LogP contribution in [0.5, 0.6) is 0 Å². The molecule has 0 unspecified atom stereocenters. The van der Waals surface area contributed by atoms with Gasteiger partial charge in [-0.3, -0.25) is 19.1 Å². The lowest BCUT2D eigenvalue weighted by atomic mass is 9.99. The van der Waals surface area contributed by atoms with Crippen LogP contribution in [-0.4, -0.2) is 15.5 Å². The Kier molecular flexibility index (Phi) is 5.54. The highest BCUT2D eigenvalue weighted by molar-refractivity contribution is 5.90. The number of para-hydroxylation sites is 1. The molecule has 0 radical (unpaired) electrons. The van der Waals surface area contributed by atoms with Gasteiger partial charge in [-0.05, 0) is 42.2 Å². The highest BCUT2D eigenvalue weighted by atomic mass is 16.2. The quantitative estimate of drug-likeness (QED) is 0.703. The molecule has 1 heterocycles. The van der Waals surface area contributed by atoms with E-state index in [1.807, 2.05) is 24.3 Å². The summed E-state index contributed by atoms with van der Waals surface area (Å²) in [5.41, 5.74) is 1.56. The van der Waals surface area contributed by atoms with Gasteiger partial charge < -0.3 is 5.32 Å². The average molecular weight is 365 g/mol. The molecule has 0 saturated heterocycles. The van der Waals surface area contributed by atoms with Crippen LogP contribution in [0.15, 0.2) is 58.1 Å². The zero-order chi connectivity index (χ0) is 19.4. The van der Waals surface area contributed by atoms with E-state index in [1.165, 1.54) is 10.1 Å². The minimum absolute atomic E-state index is 0.128. The van der Waals surface area contributed by atoms with Crippen LogP contribution in [0.1, 0.15) is 38.2 Å². The number of nitrogens with zero attached hydrogens (tertiary/aromatic N) is 1. The van der Waals surface area contributed by atoms with E-state index >= 15 is 0 Å². The van der Waals surface area contributed by atoms with E-state index in [2.05, 4.69) is 24.1 Å². The first-order valence-corrected chi connectivity index (χ1v) is 9.11. The van der Waals surface area contributed by atoms with Gasteiger partial charge in [-0.25, -0.2) is 4.79 Å². The number of aromatic nitrogens is 2. The number of H-pyrrole nitrogens is 1. The number of aryl methyl sites for hydroxylation is 1. The van der Waals surface area contributed by atoms with Crippen molar-refractivity contribution in [1.82, 2.24) is 9.55 Å². The molecule has 1 aromatic heterocycles. The number of aromatic amines is 1. The van der Waals surface area contributed by atoms with Crippen LogP contribution in [0.4, 0.5) is 5.69 Å². The van der Waals surface area contributed by atoms with E-state index in [0.717, 1.165) is 12.1 Å². The Balaban J connectivity index is 1.70. The van der Waals surface area contributed by atoms with Gasteiger partial charge in [-0.1, -0.05) is 38.1 Å². The third-order valence-electron chi connectivity index (χ3n) is 4.84. The third kappa shape index (κ3) is 4.16. The highest BCUT2D eigenvalue weighted by Crippen LogP contribution is 2.20. The molecule has 0 saturated carbocycles. The monoisotopic (exact) mass is 365 g/mol. The molecule has 1 atom stereocenters. The zero-order valence-corrected chi connectivity index (χ0v) is 15.5. The van der Waals surface area contributed by atoms with Crippen molar-refractivity contribution in [2.75, 3.05) is 5.32 Å². The molecule has 0 bridgehead atoms. The van der Waals surface area contributed by atoms with Gasteiger partial charge in [0, 0.05) is 18.7 Å². The number of nitrogens with one attached hydrogen (secondary N) is 2. The first kappa shape index (κ1) is 18.6. The van der Waals surface area contributed by atoms with E-state index in [-0.39, 0.29) is 18.9 Å². The maximum atomic E-state index is 12.3. The molecule has 6 nitrogen and oxygen atoms in total. The van der Waals surface area contributed by atoms with Crippen molar-refractivity contribution in [3.8, 4) is 0 Å². The predicted molar refractivity (Wildman–Crippen MR) is 107 cm³/mol. The Bertz CT molecular complexity index is 1060. The number of carbonyl (C=O) groups excluding carboxylic acids is 1. The summed E-state index contributed by atoms with van der Waals surface area (Å²) < 4.78 is 1.42. The van der Waals surface area contributed by atoms with E-state index in [1.54, 1.807) is 24.3 Å². The van der Waals surface area contributed by atoms with Gasteiger partial charge in [0.15, 0.2) is 0 Å². The van der Waals surface area contributed by atoms with Crippen molar-refractivity contribution in [1.29, 1.82) is 0 Å². The highest BCUT2D eigenvalue weighted by Gasteiger charge is 2.10.